The molecule has 0 saturated carbocycles. The fraction of sp³-hybridized carbons (Fsp3) is 1.00. The molecule has 4 heteroatoms. The SMILES string of the molecule is COCC(C)(CCO)NC1CC(C)N(C)C1. The molecule has 1 aliphatic heterocycles. The van der Waals surface area contributed by atoms with Gasteiger partial charge in [0.15, 0.2) is 0 Å². The van der Waals surface area contributed by atoms with Gasteiger partial charge in [0.2, 0.25) is 0 Å². The van der Waals surface area contributed by atoms with Crippen LogP contribution in [0.4, 0.5) is 0 Å². The van der Waals surface area contributed by atoms with Crippen LogP contribution in [0.3, 0.4) is 0 Å². The Morgan fingerprint density at radius 3 is 2.69 bits per heavy atom. The highest BCUT2D eigenvalue weighted by molar-refractivity contribution is 4.92. The second-order valence-electron chi connectivity index (χ2n) is 5.33. The maximum absolute atomic E-state index is 9.10. The second-order valence-corrected chi connectivity index (χ2v) is 5.33. The Morgan fingerprint density at radius 1 is 1.56 bits per heavy atom. The largest absolute Gasteiger partial charge is 0.396 e. The van der Waals surface area contributed by atoms with Crippen LogP contribution >= 0.6 is 0 Å². The monoisotopic (exact) mass is 230 g/mol. The highest BCUT2D eigenvalue weighted by atomic mass is 16.5. The maximum Gasteiger partial charge on any atom is 0.0642 e. The van der Waals surface area contributed by atoms with Crippen molar-refractivity contribution < 1.29 is 9.84 Å². The van der Waals surface area contributed by atoms with E-state index in [-0.39, 0.29) is 12.1 Å². The van der Waals surface area contributed by atoms with Gasteiger partial charge in [0.1, 0.15) is 0 Å². The first-order valence-electron chi connectivity index (χ1n) is 6.08. The minimum Gasteiger partial charge on any atom is -0.396 e. The topological polar surface area (TPSA) is 44.7 Å². The normalized spacial score (nSPS) is 30.6. The number of nitrogens with zero attached hydrogens (tertiary/aromatic N) is 1. The van der Waals surface area contributed by atoms with Gasteiger partial charge in [0.05, 0.1) is 6.61 Å². The Bertz CT molecular complexity index is 195. The van der Waals surface area contributed by atoms with Crippen LogP contribution in [0.1, 0.15) is 26.7 Å². The van der Waals surface area contributed by atoms with Gasteiger partial charge in [-0.3, -0.25) is 0 Å². The lowest BCUT2D eigenvalue weighted by Crippen LogP contribution is -2.52. The summed E-state index contributed by atoms with van der Waals surface area (Å²) in [5.41, 5.74) is -0.112. The van der Waals surface area contributed by atoms with Crippen LogP contribution in [0.5, 0.6) is 0 Å². The van der Waals surface area contributed by atoms with E-state index in [4.69, 9.17) is 9.84 Å². The molecular formula is C12H26N2O2. The van der Waals surface area contributed by atoms with Gasteiger partial charge in [0, 0.05) is 37.9 Å². The molecule has 96 valence electrons. The third-order valence-electron chi connectivity index (χ3n) is 3.57. The van der Waals surface area contributed by atoms with E-state index in [9.17, 15) is 0 Å². The number of hydrogen-bond acceptors (Lipinski definition) is 4. The van der Waals surface area contributed by atoms with E-state index >= 15 is 0 Å². The number of rotatable bonds is 6. The molecule has 1 saturated heterocycles. The highest BCUT2D eigenvalue weighted by Crippen LogP contribution is 2.19. The number of methoxy groups -OCH3 is 1. The van der Waals surface area contributed by atoms with Crippen LogP contribution in [0, 0.1) is 0 Å². The van der Waals surface area contributed by atoms with Crippen molar-refractivity contribution in [1.29, 1.82) is 0 Å². The minimum absolute atomic E-state index is 0.112. The van der Waals surface area contributed by atoms with E-state index < -0.39 is 0 Å². The average Bonchev–Trinajstić information content (AvgIpc) is 2.45. The van der Waals surface area contributed by atoms with Gasteiger partial charge in [-0.2, -0.15) is 0 Å². The number of nitrogens with one attached hydrogen (secondary N) is 1. The number of likely N-dealkylation sites (N-methyl/N-ethyl adjacent to an activating group) is 1. The van der Waals surface area contributed by atoms with Crippen molar-refractivity contribution in [2.24, 2.45) is 0 Å². The molecule has 16 heavy (non-hydrogen) atoms. The summed E-state index contributed by atoms with van der Waals surface area (Å²) >= 11 is 0. The summed E-state index contributed by atoms with van der Waals surface area (Å²) in [4.78, 5) is 2.36. The Labute approximate surface area is 99.0 Å². The molecule has 4 nitrogen and oxygen atoms in total. The Kier molecular flexibility index (Phi) is 5.18. The van der Waals surface area contributed by atoms with Crippen LogP contribution in [0.15, 0.2) is 0 Å². The van der Waals surface area contributed by atoms with Crippen molar-refractivity contribution in [3.63, 3.8) is 0 Å². The molecule has 0 amide bonds. The van der Waals surface area contributed by atoms with Gasteiger partial charge in [-0.05, 0) is 33.7 Å². The van der Waals surface area contributed by atoms with Gasteiger partial charge in [-0.15, -0.1) is 0 Å². The number of aliphatic hydroxyl groups is 1. The van der Waals surface area contributed by atoms with Crippen molar-refractivity contribution in [3.05, 3.63) is 0 Å². The third-order valence-corrected chi connectivity index (χ3v) is 3.57. The predicted octanol–water partition coefficient (Wildman–Crippen LogP) is 0.456. The van der Waals surface area contributed by atoms with Crippen LogP contribution in [-0.2, 0) is 4.74 Å². The Morgan fingerprint density at radius 2 is 2.25 bits per heavy atom. The molecule has 2 N–H and O–H groups in total. The van der Waals surface area contributed by atoms with E-state index in [1.165, 1.54) is 6.42 Å². The maximum atomic E-state index is 9.10. The second kappa shape index (κ2) is 5.96. The quantitative estimate of drug-likeness (QED) is 0.696. The fourth-order valence-corrected chi connectivity index (χ4v) is 2.54. The molecule has 3 atom stereocenters. The standard InChI is InChI=1S/C12H26N2O2/c1-10-7-11(8-14(10)3)13-12(2,5-6-15)9-16-4/h10-11,13,15H,5-9H2,1-4H3. The van der Waals surface area contributed by atoms with E-state index in [0.29, 0.717) is 18.7 Å². The molecule has 0 aliphatic carbocycles. The molecule has 0 bridgehead atoms. The zero-order chi connectivity index (χ0) is 12.2. The minimum atomic E-state index is -0.112. The molecule has 1 aliphatic rings. The molecule has 1 rings (SSSR count). The van der Waals surface area contributed by atoms with Crippen molar-refractivity contribution in [2.75, 3.05) is 33.9 Å². The predicted molar refractivity (Wildman–Crippen MR) is 65.6 cm³/mol. The number of likely N-dealkylation sites (tertiary alicyclic amines) is 1. The van der Waals surface area contributed by atoms with Gasteiger partial charge >= 0.3 is 0 Å². The molecule has 0 aromatic heterocycles. The van der Waals surface area contributed by atoms with E-state index in [2.05, 4.69) is 31.1 Å². The van der Waals surface area contributed by atoms with Crippen molar-refractivity contribution >= 4 is 0 Å². The Hall–Kier alpha value is -0.160. The van der Waals surface area contributed by atoms with Crippen molar-refractivity contribution in [1.82, 2.24) is 10.2 Å². The first-order valence-corrected chi connectivity index (χ1v) is 6.08. The molecule has 1 heterocycles. The van der Waals surface area contributed by atoms with Gasteiger partial charge in [-0.1, -0.05) is 0 Å². The lowest BCUT2D eigenvalue weighted by atomic mass is 9.97. The number of aliphatic hydroxyl groups excluding tert-OH is 1. The number of ether oxygens (including phenoxy) is 1. The molecule has 0 aromatic rings. The van der Waals surface area contributed by atoms with Gasteiger partial charge in [0.25, 0.3) is 0 Å². The van der Waals surface area contributed by atoms with Crippen LogP contribution < -0.4 is 5.32 Å². The lowest BCUT2D eigenvalue weighted by molar-refractivity contribution is 0.0905. The molecule has 3 unspecified atom stereocenters. The van der Waals surface area contributed by atoms with E-state index in [0.717, 1.165) is 13.0 Å². The zero-order valence-electron chi connectivity index (χ0n) is 11.0. The third kappa shape index (κ3) is 3.70. The molecule has 0 radical (unpaired) electrons. The summed E-state index contributed by atoms with van der Waals surface area (Å²) in [6.07, 6.45) is 1.90. The summed E-state index contributed by atoms with van der Waals surface area (Å²) in [5, 5.41) is 12.7. The first kappa shape index (κ1) is 13.9. The van der Waals surface area contributed by atoms with Gasteiger partial charge < -0.3 is 20.1 Å². The van der Waals surface area contributed by atoms with E-state index in [1.54, 1.807) is 7.11 Å². The van der Waals surface area contributed by atoms with Crippen molar-refractivity contribution in [3.8, 4) is 0 Å². The molecule has 0 aromatic carbocycles. The van der Waals surface area contributed by atoms with Crippen molar-refractivity contribution in [2.45, 2.75) is 44.3 Å². The summed E-state index contributed by atoms with van der Waals surface area (Å²) in [7, 11) is 3.87. The summed E-state index contributed by atoms with van der Waals surface area (Å²) in [5.74, 6) is 0. The molecule has 0 spiro atoms. The summed E-state index contributed by atoms with van der Waals surface area (Å²) < 4.78 is 5.24. The fourth-order valence-electron chi connectivity index (χ4n) is 2.54. The summed E-state index contributed by atoms with van der Waals surface area (Å²) in [6.45, 7) is 6.29. The zero-order valence-corrected chi connectivity index (χ0v) is 11.0. The van der Waals surface area contributed by atoms with Crippen LogP contribution in [0.25, 0.3) is 0 Å². The van der Waals surface area contributed by atoms with E-state index in [1.807, 2.05) is 0 Å². The van der Waals surface area contributed by atoms with Crippen LogP contribution in [-0.4, -0.2) is 61.5 Å². The lowest BCUT2D eigenvalue weighted by Gasteiger charge is -2.33. The highest BCUT2D eigenvalue weighted by Gasteiger charge is 2.32. The smallest absolute Gasteiger partial charge is 0.0642 e. The average molecular weight is 230 g/mol. The molecular weight excluding hydrogens is 204 g/mol. The van der Waals surface area contributed by atoms with Gasteiger partial charge in [-0.25, -0.2) is 0 Å². The Balaban J connectivity index is 2.49. The number of hydrogen-bond donors (Lipinski definition) is 2. The molecule has 1 fully saturated rings. The summed E-state index contributed by atoms with van der Waals surface area (Å²) in [6, 6.07) is 1.14. The van der Waals surface area contributed by atoms with Crippen LogP contribution in [0.2, 0.25) is 0 Å². The first-order chi connectivity index (χ1) is 7.50.